The molecule has 1 aliphatic rings. The molecule has 1 fully saturated rings. The summed E-state index contributed by atoms with van der Waals surface area (Å²) in [5, 5.41) is 2.98. The smallest absolute Gasteiger partial charge is 0.257 e. The van der Waals surface area contributed by atoms with Gasteiger partial charge in [0.15, 0.2) is 0 Å². The fourth-order valence-corrected chi connectivity index (χ4v) is 2.73. The first-order valence-electron chi connectivity index (χ1n) is 6.35. The molecule has 1 amide bonds. The maximum Gasteiger partial charge on any atom is 0.257 e. The van der Waals surface area contributed by atoms with Gasteiger partial charge in [0.05, 0.1) is 5.56 Å². The largest absolute Gasteiger partial charge is 0.372 e. The van der Waals surface area contributed by atoms with Crippen LogP contribution in [0.4, 0.5) is 5.82 Å². The molecule has 6 heteroatoms. The zero-order valence-corrected chi connectivity index (χ0v) is 13.1. The Morgan fingerprint density at radius 3 is 2.89 bits per heavy atom. The van der Waals surface area contributed by atoms with Gasteiger partial charge in [-0.15, -0.1) is 0 Å². The molecule has 0 aromatic carbocycles. The quantitative estimate of drug-likeness (QED) is 0.898. The highest BCUT2D eigenvalue weighted by Gasteiger charge is 2.28. The van der Waals surface area contributed by atoms with Gasteiger partial charge in [-0.25, -0.2) is 4.98 Å². The van der Waals surface area contributed by atoms with Crippen molar-refractivity contribution in [2.45, 2.75) is 13.0 Å². The van der Waals surface area contributed by atoms with Gasteiger partial charge in [0, 0.05) is 43.4 Å². The topological polar surface area (TPSA) is 48.5 Å². The van der Waals surface area contributed by atoms with Crippen LogP contribution in [0, 0.1) is 0 Å². The van der Waals surface area contributed by atoms with Crippen molar-refractivity contribution < 1.29 is 4.79 Å². The molecule has 1 N–H and O–H groups in total. The SMILES string of the molecule is CNc1ncc(Br)cc1C(=O)N1CCN(C)CC1C. The highest BCUT2D eigenvalue weighted by Crippen LogP contribution is 2.21. The molecular weight excluding hydrogens is 308 g/mol. The van der Waals surface area contributed by atoms with Gasteiger partial charge < -0.3 is 15.1 Å². The molecule has 19 heavy (non-hydrogen) atoms. The Hall–Kier alpha value is -1.14. The summed E-state index contributed by atoms with van der Waals surface area (Å²) in [5.41, 5.74) is 0.619. The first-order valence-corrected chi connectivity index (χ1v) is 7.15. The number of rotatable bonds is 2. The summed E-state index contributed by atoms with van der Waals surface area (Å²) in [6, 6.07) is 2.04. The van der Waals surface area contributed by atoms with E-state index in [9.17, 15) is 4.79 Å². The monoisotopic (exact) mass is 326 g/mol. The zero-order chi connectivity index (χ0) is 14.0. The van der Waals surface area contributed by atoms with Crippen LogP contribution in [0.1, 0.15) is 17.3 Å². The van der Waals surface area contributed by atoms with Gasteiger partial charge in [-0.3, -0.25) is 4.79 Å². The van der Waals surface area contributed by atoms with E-state index in [0.29, 0.717) is 11.4 Å². The van der Waals surface area contributed by atoms with E-state index < -0.39 is 0 Å². The number of halogens is 1. The Balaban J connectivity index is 2.26. The van der Waals surface area contributed by atoms with Crippen molar-refractivity contribution >= 4 is 27.7 Å². The van der Waals surface area contributed by atoms with Gasteiger partial charge in [-0.1, -0.05) is 0 Å². The van der Waals surface area contributed by atoms with Crippen LogP contribution < -0.4 is 5.32 Å². The third-order valence-corrected chi connectivity index (χ3v) is 3.85. The van der Waals surface area contributed by atoms with Crippen molar-refractivity contribution in [1.29, 1.82) is 0 Å². The summed E-state index contributed by atoms with van der Waals surface area (Å²) in [7, 11) is 3.86. The molecule has 1 saturated heterocycles. The maximum atomic E-state index is 12.7. The average Bonchev–Trinajstić information content (AvgIpc) is 2.38. The molecule has 1 aromatic rings. The molecule has 0 aliphatic carbocycles. The molecule has 0 spiro atoms. The second kappa shape index (κ2) is 5.88. The molecule has 2 heterocycles. The molecule has 104 valence electrons. The molecule has 1 aromatic heterocycles. The van der Waals surface area contributed by atoms with E-state index in [2.05, 4.69) is 45.1 Å². The third-order valence-electron chi connectivity index (χ3n) is 3.41. The van der Waals surface area contributed by atoms with E-state index in [1.54, 1.807) is 13.2 Å². The number of hydrogen-bond acceptors (Lipinski definition) is 4. The Morgan fingerprint density at radius 1 is 1.53 bits per heavy atom. The number of nitrogens with zero attached hydrogens (tertiary/aromatic N) is 3. The van der Waals surface area contributed by atoms with Gasteiger partial charge in [0.1, 0.15) is 5.82 Å². The fourth-order valence-electron chi connectivity index (χ4n) is 2.40. The lowest BCUT2D eigenvalue weighted by Crippen LogP contribution is -2.52. The van der Waals surface area contributed by atoms with Gasteiger partial charge in [0.2, 0.25) is 0 Å². The number of anilines is 1. The second-order valence-corrected chi connectivity index (χ2v) is 5.83. The van der Waals surface area contributed by atoms with E-state index in [1.807, 2.05) is 11.0 Å². The lowest BCUT2D eigenvalue weighted by molar-refractivity contribution is 0.0534. The predicted octanol–water partition coefficient (Wildman–Crippen LogP) is 1.66. The Morgan fingerprint density at radius 2 is 2.26 bits per heavy atom. The van der Waals surface area contributed by atoms with E-state index >= 15 is 0 Å². The second-order valence-electron chi connectivity index (χ2n) is 4.91. The number of pyridine rings is 1. The van der Waals surface area contributed by atoms with Crippen molar-refractivity contribution in [3.05, 3.63) is 22.3 Å². The Kier molecular flexibility index (Phi) is 4.42. The summed E-state index contributed by atoms with van der Waals surface area (Å²) in [5.74, 6) is 0.665. The van der Waals surface area contributed by atoms with E-state index in [0.717, 1.165) is 24.1 Å². The van der Waals surface area contributed by atoms with Crippen LogP contribution in [0.2, 0.25) is 0 Å². The minimum atomic E-state index is 0.0405. The molecule has 0 saturated carbocycles. The summed E-state index contributed by atoms with van der Waals surface area (Å²) in [6.07, 6.45) is 1.69. The first kappa shape index (κ1) is 14.3. The predicted molar refractivity (Wildman–Crippen MR) is 79.5 cm³/mol. The molecule has 2 rings (SSSR count). The normalized spacial score (nSPS) is 20.4. The van der Waals surface area contributed by atoms with Crippen LogP contribution in [0.15, 0.2) is 16.7 Å². The Labute approximate surface area is 122 Å². The van der Waals surface area contributed by atoms with Gasteiger partial charge in [-0.05, 0) is 36.0 Å². The lowest BCUT2D eigenvalue weighted by atomic mass is 10.1. The minimum absolute atomic E-state index is 0.0405. The van der Waals surface area contributed by atoms with Gasteiger partial charge in [0.25, 0.3) is 5.91 Å². The van der Waals surface area contributed by atoms with Crippen molar-refractivity contribution in [3.63, 3.8) is 0 Å². The molecule has 1 unspecified atom stereocenters. The van der Waals surface area contributed by atoms with Crippen molar-refractivity contribution in [3.8, 4) is 0 Å². The third kappa shape index (κ3) is 3.06. The van der Waals surface area contributed by atoms with Crippen LogP contribution in [0.3, 0.4) is 0 Å². The minimum Gasteiger partial charge on any atom is -0.372 e. The van der Waals surface area contributed by atoms with Crippen LogP contribution in [-0.4, -0.2) is 60.5 Å². The fraction of sp³-hybridized carbons (Fsp3) is 0.538. The van der Waals surface area contributed by atoms with Crippen LogP contribution in [-0.2, 0) is 0 Å². The van der Waals surface area contributed by atoms with Crippen LogP contribution in [0.5, 0.6) is 0 Å². The standard InChI is InChI=1S/C13H19BrN4O/c1-9-8-17(3)4-5-18(9)13(19)11-6-10(14)7-16-12(11)15-2/h6-7,9H,4-5,8H2,1-3H3,(H,15,16). The molecule has 1 aliphatic heterocycles. The number of carbonyl (C=O) groups is 1. The van der Waals surface area contributed by atoms with Crippen LogP contribution in [0.25, 0.3) is 0 Å². The number of hydrogen-bond donors (Lipinski definition) is 1. The van der Waals surface area contributed by atoms with Crippen LogP contribution >= 0.6 is 15.9 Å². The van der Waals surface area contributed by atoms with Crippen molar-refractivity contribution in [1.82, 2.24) is 14.8 Å². The molecule has 0 radical (unpaired) electrons. The van der Waals surface area contributed by atoms with E-state index in [1.165, 1.54) is 0 Å². The number of nitrogens with one attached hydrogen (secondary N) is 1. The first-order chi connectivity index (χ1) is 9.02. The summed E-state index contributed by atoms with van der Waals surface area (Å²) in [4.78, 5) is 21.1. The molecule has 5 nitrogen and oxygen atoms in total. The van der Waals surface area contributed by atoms with E-state index in [4.69, 9.17) is 0 Å². The zero-order valence-electron chi connectivity index (χ0n) is 11.5. The average molecular weight is 327 g/mol. The number of aromatic nitrogens is 1. The molecular formula is C13H19BrN4O. The highest BCUT2D eigenvalue weighted by molar-refractivity contribution is 9.10. The summed E-state index contributed by atoms with van der Waals surface area (Å²) >= 11 is 3.37. The molecule has 0 bridgehead atoms. The van der Waals surface area contributed by atoms with Crippen molar-refractivity contribution in [2.24, 2.45) is 0 Å². The van der Waals surface area contributed by atoms with Gasteiger partial charge in [-0.2, -0.15) is 0 Å². The highest BCUT2D eigenvalue weighted by atomic mass is 79.9. The van der Waals surface area contributed by atoms with Gasteiger partial charge >= 0.3 is 0 Å². The molecule has 1 atom stereocenters. The summed E-state index contributed by atoms with van der Waals surface area (Å²) in [6.45, 7) is 4.65. The Bertz CT molecular complexity index is 480. The number of likely N-dealkylation sites (N-methyl/N-ethyl adjacent to an activating group) is 1. The number of piperazine rings is 1. The number of amides is 1. The maximum absolute atomic E-state index is 12.7. The summed E-state index contributed by atoms with van der Waals surface area (Å²) < 4.78 is 0.816. The number of carbonyl (C=O) groups excluding carboxylic acids is 1. The lowest BCUT2D eigenvalue weighted by Gasteiger charge is -2.38. The van der Waals surface area contributed by atoms with E-state index in [-0.39, 0.29) is 11.9 Å². The van der Waals surface area contributed by atoms with Crippen molar-refractivity contribution in [2.75, 3.05) is 39.0 Å².